The maximum Gasteiger partial charge on any atom is 0.228 e. The summed E-state index contributed by atoms with van der Waals surface area (Å²) in [5.74, 6) is 0.0816. The van der Waals surface area contributed by atoms with E-state index in [1.54, 1.807) is 0 Å². The van der Waals surface area contributed by atoms with E-state index in [4.69, 9.17) is 5.73 Å². The third-order valence-electron chi connectivity index (χ3n) is 3.27. The van der Waals surface area contributed by atoms with Crippen LogP contribution in [-0.4, -0.2) is 37.0 Å². The van der Waals surface area contributed by atoms with Gasteiger partial charge in [0, 0.05) is 10.2 Å². The van der Waals surface area contributed by atoms with Gasteiger partial charge in [0.05, 0.1) is 6.42 Å². The lowest BCUT2D eigenvalue weighted by molar-refractivity contribution is -0.115. The number of anilines is 1. The van der Waals surface area contributed by atoms with Crippen LogP contribution in [0.2, 0.25) is 0 Å². The van der Waals surface area contributed by atoms with Gasteiger partial charge in [0.25, 0.3) is 0 Å². The van der Waals surface area contributed by atoms with Crippen molar-refractivity contribution in [2.45, 2.75) is 26.7 Å². The number of hydrogen-bond acceptors (Lipinski definition) is 3. The molecule has 112 valence electrons. The molecular formula is C15H24BrN3O. The van der Waals surface area contributed by atoms with E-state index in [-0.39, 0.29) is 5.91 Å². The van der Waals surface area contributed by atoms with Crippen LogP contribution in [0.15, 0.2) is 22.7 Å². The molecular weight excluding hydrogens is 318 g/mol. The maximum absolute atomic E-state index is 10.9. The normalized spacial score (nSPS) is 12.8. The summed E-state index contributed by atoms with van der Waals surface area (Å²) in [6.45, 7) is 8.63. The van der Waals surface area contributed by atoms with Crippen LogP contribution in [-0.2, 0) is 11.2 Å². The Labute approximate surface area is 129 Å². The smallest absolute Gasteiger partial charge is 0.228 e. The molecule has 0 unspecified atom stereocenters. The molecule has 0 saturated carbocycles. The Morgan fingerprint density at radius 2 is 2.05 bits per heavy atom. The quantitative estimate of drug-likeness (QED) is 0.865. The number of amides is 1. The fourth-order valence-corrected chi connectivity index (χ4v) is 2.46. The number of fused-ring (bicyclic) bond motifs is 1. The molecule has 0 aliphatic carbocycles. The Morgan fingerprint density at radius 3 is 2.65 bits per heavy atom. The van der Waals surface area contributed by atoms with Crippen molar-refractivity contribution < 1.29 is 4.79 Å². The van der Waals surface area contributed by atoms with Gasteiger partial charge in [0.1, 0.15) is 0 Å². The third-order valence-corrected chi connectivity index (χ3v) is 3.76. The van der Waals surface area contributed by atoms with Gasteiger partial charge in [-0.25, -0.2) is 0 Å². The summed E-state index contributed by atoms with van der Waals surface area (Å²) < 4.78 is 1.02. The van der Waals surface area contributed by atoms with E-state index in [2.05, 4.69) is 40.0 Å². The molecule has 1 aromatic carbocycles. The molecule has 5 heteroatoms. The first-order valence-electron chi connectivity index (χ1n) is 7.11. The fraction of sp³-hybridized carbons (Fsp3) is 0.533. The molecule has 0 bridgehead atoms. The predicted molar refractivity (Wildman–Crippen MR) is 87.9 cm³/mol. The molecule has 3 N–H and O–H groups in total. The summed E-state index contributed by atoms with van der Waals surface area (Å²) in [5.41, 5.74) is 7.38. The first kappa shape index (κ1) is 17.1. The minimum atomic E-state index is 0.0816. The summed E-state index contributed by atoms with van der Waals surface area (Å²) in [4.78, 5) is 13.3. The number of nitrogens with two attached hydrogens (primary N) is 1. The Balaban J connectivity index is 0.000000206. The molecule has 1 aliphatic heterocycles. The average Bonchev–Trinajstić information content (AvgIpc) is 2.80. The number of nitrogens with one attached hydrogen (secondary N) is 1. The standard InChI is InChI=1S/C8H6BrNO.C7H18N2/c9-6-1-2-7-5(3-6)4-8(11)10-7;1-3-9(4-2)7-5-6-8/h1-3H,4H2,(H,10,11);3-8H2,1-2H3. The van der Waals surface area contributed by atoms with Crippen molar-refractivity contribution in [1.29, 1.82) is 0 Å². The SMILES string of the molecule is CCN(CC)CCCN.O=C1Cc2cc(Br)ccc2N1. The topological polar surface area (TPSA) is 58.4 Å². The van der Waals surface area contributed by atoms with Gasteiger partial charge in [0.2, 0.25) is 5.91 Å². The molecule has 0 saturated heterocycles. The Morgan fingerprint density at radius 1 is 1.35 bits per heavy atom. The average molecular weight is 342 g/mol. The van der Waals surface area contributed by atoms with Gasteiger partial charge < -0.3 is 16.0 Å². The van der Waals surface area contributed by atoms with E-state index >= 15 is 0 Å². The Hall–Kier alpha value is -0.910. The highest BCUT2D eigenvalue weighted by Gasteiger charge is 2.16. The molecule has 1 amide bonds. The monoisotopic (exact) mass is 341 g/mol. The van der Waals surface area contributed by atoms with E-state index in [1.807, 2.05) is 18.2 Å². The van der Waals surface area contributed by atoms with Crippen LogP contribution in [0.4, 0.5) is 5.69 Å². The van der Waals surface area contributed by atoms with Crippen molar-refractivity contribution in [2.24, 2.45) is 5.73 Å². The highest BCUT2D eigenvalue weighted by Crippen LogP contribution is 2.25. The van der Waals surface area contributed by atoms with Crippen LogP contribution in [0, 0.1) is 0 Å². The highest BCUT2D eigenvalue weighted by molar-refractivity contribution is 9.10. The van der Waals surface area contributed by atoms with Gasteiger partial charge in [-0.15, -0.1) is 0 Å². The van der Waals surface area contributed by atoms with Crippen molar-refractivity contribution in [3.8, 4) is 0 Å². The van der Waals surface area contributed by atoms with Crippen LogP contribution in [0.3, 0.4) is 0 Å². The van der Waals surface area contributed by atoms with E-state index in [1.165, 1.54) is 0 Å². The predicted octanol–water partition coefficient (Wildman–Crippen LogP) is 2.62. The van der Waals surface area contributed by atoms with Crippen molar-refractivity contribution in [1.82, 2.24) is 4.90 Å². The summed E-state index contributed by atoms with van der Waals surface area (Å²) in [6.07, 6.45) is 1.64. The number of carbonyl (C=O) groups excluding carboxylic acids is 1. The van der Waals surface area contributed by atoms with Crippen LogP contribution < -0.4 is 11.1 Å². The first-order valence-corrected chi connectivity index (χ1v) is 7.90. The van der Waals surface area contributed by atoms with E-state index in [9.17, 15) is 4.79 Å². The highest BCUT2D eigenvalue weighted by atomic mass is 79.9. The lowest BCUT2D eigenvalue weighted by Crippen LogP contribution is -2.25. The molecule has 0 radical (unpaired) electrons. The molecule has 0 fully saturated rings. The second kappa shape index (κ2) is 9.10. The Bertz CT molecular complexity index is 433. The van der Waals surface area contributed by atoms with Gasteiger partial charge >= 0.3 is 0 Å². The lowest BCUT2D eigenvalue weighted by atomic mass is 10.2. The summed E-state index contributed by atoms with van der Waals surface area (Å²) >= 11 is 3.35. The van der Waals surface area contributed by atoms with E-state index in [0.717, 1.165) is 48.3 Å². The molecule has 0 spiro atoms. The Kier molecular flexibility index (Phi) is 7.80. The molecule has 2 rings (SSSR count). The fourth-order valence-electron chi connectivity index (χ4n) is 2.05. The van der Waals surface area contributed by atoms with Crippen molar-refractivity contribution in [2.75, 3.05) is 31.5 Å². The molecule has 20 heavy (non-hydrogen) atoms. The third kappa shape index (κ3) is 5.61. The zero-order valence-electron chi connectivity index (χ0n) is 12.3. The van der Waals surface area contributed by atoms with Crippen molar-refractivity contribution in [3.63, 3.8) is 0 Å². The van der Waals surface area contributed by atoms with Gasteiger partial charge in [-0.05, 0) is 56.4 Å². The number of rotatable bonds is 5. The molecule has 1 aromatic rings. The first-order chi connectivity index (χ1) is 9.60. The van der Waals surface area contributed by atoms with Crippen LogP contribution in [0.1, 0.15) is 25.8 Å². The largest absolute Gasteiger partial charge is 0.330 e. The number of halogens is 1. The number of benzene rings is 1. The van der Waals surface area contributed by atoms with Crippen LogP contribution >= 0.6 is 15.9 Å². The molecule has 1 aliphatic rings. The zero-order valence-corrected chi connectivity index (χ0v) is 13.9. The molecule has 0 aromatic heterocycles. The van der Waals surface area contributed by atoms with Crippen molar-refractivity contribution in [3.05, 3.63) is 28.2 Å². The van der Waals surface area contributed by atoms with E-state index in [0.29, 0.717) is 6.42 Å². The minimum absolute atomic E-state index is 0.0816. The molecule has 0 atom stereocenters. The summed E-state index contributed by atoms with van der Waals surface area (Å²) in [5, 5.41) is 2.76. The second-order valence-electron chi connectivity index (χ2n) is 4.70. The van der Waals surface area contributed by atoms with Gasteiger partial charge in [0.15, 0.2) is 0 Å². The van der Waals surface area contributed by atoms with Crippen molar-refractivity contribution >= 4 is 27.5 Å². The molecule has 1 heterocycles. The van der Waals surface area contributed by atoms with E-state index < -0.39 is 0 Å². The lowest BCUT2D eigenvalue weighted by Gasteiger charge is -2.16. The molecule has 4 nitrogen and oxygen atoms in total. The number of hydrogen-bond donors (Lipinski definition) is 2. The number of nitrogens with zero attached hydrogens (tertiary/aromatic N) is 1. The second-order valence-corrected chi connectivity index (χ2v) is 5.61. The van der Waals surface area contributed by atoms with Gasteiger partial charge in [-0.1, -0.05) is 29.8 Å². The summed E-state index contributed by atoms with van der Waals surface area (Å²) in [6, 6.07) is 5.79. The number of carbonyl (C=O) groups is 1. The van der Waals surface area contributed by atoms with Gasteiger partial charge in [-0.2, -0.15) is 0 Å². The van der Waals surface area contributed by atoms with Crippen LogP contribution in [0.5, 0.6) is 0 Å². The maximum atomic E-state index is 10.9. The summed E-state index contributed by atoms with van der Waals surface area (Å²) in [7, 11) is 0. The van der Waals surface area contributed by atoms with Crippen LogP contribution in [0.25, 0.3) is 0 Å². The minimum Gasteiger partial charge on any atom is -0.330 e. The van der Waals surface area contributed by atoms with Gasteiger partial charge in [-0.3, -0.25) is 4.79 Å². The zero-order chi connectivity index (χ0) is 15.0.